The molecule has 2 aromatic carbocycles. The first kappa shape index (κ1) is 36.6. The van der Waals surface area contributed by atoms with Crippen LogP contribution in [0.3, 0.4) is 0 Å². The Morgan fingerprint density at radius 3 is 2.48 bits per heavy atom. The minimum Gasteiger partial charge on any atom is -0.480 e. The number of carbonyl (C=O) groups is 2. The second-order valence-corrected chi connectivity index (χ2v) is 14.0. The van der Waals surface area contributed by atoms with Gasteiger partial charge in [-0.3, -0.25) is 30.2 Å². The third-order valence-electron chi connectivity index (χ3n) is 8.84. The third-order valence-corrected chi connectivity index (χ3v) is 9.10. The van der Waals surface area contributed by atoms with Crippen LogP contribution in [0, 0.1) is 16.7 Å². The average Bonchev–Trinajstić information content (AvgIpc) is 3.60. The molecule has 262 valence electrons. The SMILES string of the molecule is CCN(C(=O)[C@@H]1CCN(CC(=O)N2CC=C(c3ccc(C(=N)/N=C\NC)cc3)CC2)C1)c1ccc(N)c(C(=N)c2ccc(OC(C)I)cc2)n1. The van der Waals surface area contributed by atoms with Gasteiger partial charge in [0.1, 0.15) is 21.4 Å². The molecule has 0 saturated carbocycles. The van der Waals surface area contributed by atoms with E-state index in [0.29, 0.717) is 67.7 Å². The number of benzene rings is 2. The number of nitrogens with zero attached hydrogens (tertiary/aromatic N) is 5. The predicted octanol–water partition coefficient (Wildman–Crippen LogP) is 4.80. The number of carbonyl (C=O) groups excluding carboxylic acids is 2. The van der Waals surface area contributed by atoms with Crippen LogP contribution in [0.25, 0.3) is 5.57 Å². The highest BCUT2D eigenvalue weighted by atomic mass is 127. The molecule has 0 spiro atoms. The fourth-order valence-corrected chi connectivity index (χ4v) is 6.45. The smallest absolute Gasteiger partial charge is 0.237 e. The molecule has 1 saturated heterocycles. The average molecular weight is 790 g/mol. The summed E-state index contributed by atoms with van der Waals surface area (Å²) < 4.78 is 5.72. The maximum absolute atomic E-state index is 13.8. The van der Waals surface area contributed by atoms with Crippen molar-refractivity contribution in [1.82, 2.24) is 20.1 Å². The van der Waals surface area contributed by atoms with Crippen LogP contribution in [-0.2, 0) is 9.59 Å². The molecule has 0 radical (unpaired) electrons. The molecular weight excluding hydrogens is 745 g/mol. The molecule has 2 atom stereocenters. The van der Waals surface area contributed by atoms with Crippen LogP contribution in [0.15, 0.2) is 71.7 Å². The summed E-state index contributed by atoms with van der Waals surface area (Å²) in [4.78, 5) is 41.4. The Kier molecular flexibility index (Phi) is 12.4. The van der Waals surface area contributed by atoms with Crippen LogP contribution in [-0.4, -0.2) is 94.9 Å². The number of likely N-dealkylation sites (tertiary alicyclic amines) is 1. The number of amidine groups is 1. The Morgan fingerprint density at radius 2 is 1.84 bits per heavy atom. The number of aliphatic imine (C=N–C) groups is 1. The quantitative estimate of drug-likeness (QED) is 0.0887. The molecule has 0 aliphatic carbocycles. The minimum absolute atomic E-state index is 0.0154. The second-order valence-electron chi connectivity index (χ2n) is 12.3. The number of nitrogens with one attached hydrogen (secondary N) is 3. The van der Waals surface area contributed by atoms with Crippen molar-refractivity contribution in [2.45, 2.75) is 30.8 Å². The zero-order valence-corrected chi connectivity index (χ0v) is 30.8. The number of ether oxygens (including phenoxy) is 1. The molecule has 1 fully saturated rings. The molecule has 12 nitrogen and oxygen atoms in total. The number of anilines is 2. The summed E-state index contributed by atoms with van der Waals surface area (Å²) in [6, 6.07) is 18.4. The molecule has 2 amide bonds. The standard InChI is InChI=1S/C37H44IN9O3/c1-4-47(32-14-13-31(39)35(44-32)34(40)27-9-11-30(12-10-27)50-24(2)38)37(49)29-15-18-45(21-29)22-33(48)46-19-16-26(17-20-46)25-5-7-28(8-6-25)36(41)43-23-42-3/h5-14,16,23-24,29,40H,4,15,17-22,39H2,1-3H3,(H2,41,42,43)/t24?,29-/m1/s1. The van der Waals surface area contributed by atoms with Crippen molar-refractivity contribution < 1.29 is 14.3 Å². The number of hydrogen-bond acceptors (Lipinski definition) is 8. The lowest BCUT2D eigenvalue weighted by Gasteiger charge is -2.29. The normalized spacial score (nSPS) is 16.9. The number of pyridine rings is 1. The van der Waals surface area contributed by atoms with Gasteiger partial charge < -0.3 is 20.7 Å². The molecule has 2 aliphatic heterocycles. The summed E-state index contributed by atoms with van der Waals surface area (Å²) in [6.45, 7) is 6.86. The molecule has 1 unspecified atom stereocenters. The van der Waals surface area contributed by atoms with Crippen LogP contribution in [0.4, 0.5) is 11.5 Å². The second kappa shape index (κ2) is 16.9. The lowest BCUT2D eigenvalue weighted by molar-refractivity contribution is -0.132. The Bertz CT molecular complexity index is 1770. The van der Waals surface area contributed by atoms with Gasteiger partial charge in [0.05, 0.1) is 30.2 Å². The molecule has 1 aromatic heterocycles. The summed E-state index contributed by atoms with van der Waals surface area (Å²) in [7, 11) is 1.74. The first-order chi connectivity index (χ1) is 24.1. The van der Waals surface area contributed by atoms with Gasteiger partial charge in [-0.05, 0) is 103 Å². The van der Waals surface area contributed by atoms with Crippen molar-refractivity contribution in [3.63, 3.8) is 0 Å². The van der Waals surface area contributed by atoms with Gasteiger partial charge >= 0.3 is 0 Å². The molecule has 13 heteroatoms. The zero-order chi connectivity index (χ0) is 35.8. The van der Waals surface area contributed by atoms with E-state index in [0.717, 1.165) is 17.5 Å². The Balaban J connectivity index is 1.16. The van der Waals surface area contributed by atoms with E-state index in [1.165, 1.54) is 11.9 Å². The fraction of sp³-hybridized carbons (Fsp3) is 0.351. The van der Waals surface area contributed by atoms with Gasteiger partial charge in [-0.15, -0.1) is 0 Å². The van der Waals surface area contributed by atoms with E-state index < -0.39 is 0 Å². The van der Waals surface area contributed by atoms with E-state index in [1.807, 2.05) is 55.1 Å². The van der Waals surface area contributed by atoms with Crippen molar-refractivity contribution in [2.75, 3.05) is 56.9 Å². The minimum atomic E-state index is -0.265. The molecule has 3 heterocycles. The van der Waals surface area contributed by atoms with E-state index in [1.54, 1.807) is 36.2 Å². The lowest BCUT2D eigenvalue weighted by atomic mass is 9.98. The molecule has 5 rings (SSSR count). The summed E-state index contributed by atoms with van der Waals surface area (Å²) in [6.07, 6.45) is 4.99. The Hall–Kier alpha value is -4.63. The number of amides is 2. The zero-order valence-electron chi connectivity index (χ0n) is 28.7. The number of nitrogen functional groups attached to an aromatic ring is 1. The van der Waals surface area contributed by atoms with E-state index in [9.17, 15) is 9.59 Å². The number of alkyl halides is 1. The maximum Gasteiger partial charge on any atom is 0.237 e. The van der Waals surface area contributed by atoms with Crippen molar-refractivity contribution in [3.8, 4) is 5.75 Å². The van der Waals surface area contributed by atoms with Gasteiger partial charge in [0, 0.05) is 44.4 Å². The van der Waals surface area contributed by atoms with Crippen LogP contribution >= 0.6 is 22.6 Å². The Morgan fingerprint density at radius 1 is 1.12 bits per heavy atom. The van der Waals surface area contributed by atoms with E-state index in [2.05, 4.69) is 48.9 Å². The Labute approximate surface area is 306 Å². The van der Waals surface area contributed by atoms with Crippen LogP contribution < -0.4 is 20.7 Å². The summed E-state index contributed by atoms with van der Waals surface area (Å²) in [5.74, 6) is 1.09. The third kappa shape index (κ3) is 8.93. The number of halogens is 1. The van der Waals surface area contributed by atoms with E-state index in [4.69, 9.17) is 21.3 Å². The number of aromatic nitrogens is 1. The first-order valence-corrected chi connectivity index (χ1v) is 18.0. The first-order valence-electron chi connectivity index (χ1n) is 16.7. The number of hydrogen-bond donors (Lipinski definition) is 4. The van der Waals surface area contributed by atoms with Crippen molar-refractivity contribution in [2.24, 2.45) is 10.9 Å². The topological polar surface area (TPSA) is 164 Å². The number of nitrogens with two attached hydrogens (primary N) is 1. The molecule has 5 N–H and O–H groups in total. The molecular formula is C37H44IN9O3. The highest BCUT2D eigenvalue weighted by molar-refractivity contribution is 14.1. The van der Waals surface area contributed by atoms with Crippen molar-refractivity contribution in [1.29, 1.82) is 10.8 Å². The predicted molar refractivity (Wildman–Crippen MR) is 208 cm³/mol. The molecule has 3 aromatic rings. The fourth-order valence-electron chi connectivity index (χ4n) is 6.16. The maximum atomic E-state index is 13.8. The number of rotatable bonds is 12. The molecule has 50 heavy (non-hydrogen) atoms. The largest absolute Gasteiger partial charge is 0.480 e. The monoisotopic (exact) mass is 789 g/mol. The van der Waals surface area contributed by atoms with Crippen LogP contribution in [0.1, 0.15) is 49.1 Å². The van der Waals surface area contributed by atoms with Crippen LogP contribution in [0.5, 0.6) is 5.75 Å². The van der Waals surface area contributed by atoms with Crippen molar-refractivity contribution in [3.05, 3.63) is 89.1 Å². The van der Waals surface area contributed by atoms with Gasteiger partial charge in [-0.1, -0.05) is 30.3 Å². The molecule has 0 bridgehead atoms. The summed E-state index contributed by atoms with van der Waals surface area (Å²) in [5.41, 5.74) is 10.7. The van der Waals surface area contributed by atoms with Gasteiger partial charge in [0.2, 0.25) is 11.8 Å². The summed E-state index contributed by atoms with van der Waals surface area (Å²) >= 11 is 2.18. The van der Waals surface area contributed by atoms with Gasteiger partial charge in [0.25, 0.3) is 0 Å². The van der Waals surface area contributed by atoms with E-state index in [-0.39, 0.29) is 39.9 Å². The summed E-state index contributed by atoms with van der Waals surface area (Å²) in [5, 5.41) is 19.7. The highest BCUT2D eigenvalue weighted by Gasteiger charge is 2.34. The lowest BCUT2D eigenvalue weighted by Crippen LogP contribution is -2.42. The van der Waals surface area contributed by atoms with E-state index >= 15 is 0 Å². The van der Waals surface area contributed by atoms with Gasteiger partial charge in [-0.2, -0.15) is 0 Å². The van der Waals surface area contributed by atoms with Gasteiger partial charge in [0.15, 0.2) is 5.84 Å². The highest BCUT2D eigenvalue weighted by Crippen LogP contribution is 2.27. The van der Waals surface area contributed by atoms with Gasteiger partial charge in [-0.25, -0.2) is 9.98 Å². The van der Waals surface area contributed by atoms with Crippen molar-refractivity contribution >= 4 is 69.4 Å². The van der Waals surface area contributed by atoms with Crippen LogP contribution in [0.2, 0.25) is 0 Å². The molecule has 2 aliphatic rings.